The Labute approximate surface area is 65.3 Å². The molecule has 0 spiro atoms. The Morgan fingerprint density at radius 3 is 2.30 bits per heavy atom. The maximum absolute atomic E-state index is 10.5. The number of rotatable bonds is 4. The molecule has 0 aliphatic heterocycles. The molecule has 0 bridgehead atoms. The molecular formula is C8H21NO. The molecule has 2 heteroatoms. The minimum Gasteiger partial charge on any atom is -0.330 e. The van der Waals surface area contributed by atoms with Crippen LogP contribution in [0.25, 0.3) is 0 Å². The summed E-state index contributed by atoms with van der Waals surface area (Å²) in [7, 11) is 0. The van der Waals surface area contributed by atoms with Crippen LogP contribution in [0.2, 0.25) is 0 Å². The fourth-order valence-corrected chi connectivity index (χ4v) is 0.476. The molecule has 0 fully saturated rings. The minimum absolute atomic E-state index is 0. The monoisotopic (exact) mass is 147 g/mol. The van der Waals surface area contributed by atoms with Gasteiger partial charge in [0.15, 0.2) is 0 Å². The van der Waals surface area contributed by atoms with Gasteiger partial charge in [-0.1, -0.05) is 20.8 Å². The normalized spacial score (nSPS) is 8.00. The highest BCUT2D eigenvalue weighted by Crippen LogP contribution is 1.90. The highest BCUT2D eigenvalue weighted by atomic mass is 16.1. The molecule has 0 unspecified atom stereocenters. The molecule has 0 heterocycles. The number of nitrogens with two attached hydrogens (primary N) is 1. The minimum atomic E-state index is 0. The van der Waals surface area contributed by atoms with Crippen molar-refractivity contribution in [1.82, 2.24) is 0 Å². The van der Waals surface area contributed by atoms with Crippen LogP contribution >= 0.6 is 0 Å². The van der Waals surface area contributed by atoms with Crippen molar-refractivity contribution in [1.29, 1.82) is 0 Å². The lowest BCUT2D eigenvalue weighted by Crippen LogP contribution is -2.02. The molecule has 0 radical (unpaired) electrons. The number of Topliss-reactive ketones (excluding diaryl/α,β-unsaturated/α-hetero) is 1. The zero-order chi connectivity index (χ0) is 8.41. The third-order valence-corrected chi connectivity index (χ3v) is 1.05. The van der Waals surface area contributed by atoms with Crippen LogP contribution in [-0.4, -0.2) is 12.3 Å². The third-order valence-electron chi connectivity index (χ3n) is 1.05. The van der Waals surface area contributed by atoms with Gasteiger partial charge in [-0.25, -0.2) is 0 Å². The summed E-state index contributed by atoms with van der Waals surface area (Å²) in [5.74, 6) is 0.315. The Hall–Kier alpha value is -0.370. The second-order valence-electron chi connectivity index (χ2n) is 1.78. The first-order valence-corrected chi connectivity index (χ1v) is 4.03. The third kappa shape index (κ3) is 10.6. The molecule has 10 heavy (non-hydrogen) atoms. The van der Waals surface area contributed by atoms with Crippen LogP contribution in [-0.2, 0) is 4.79 Å². The molecule has 0 saturated heterocycles. The molecule has 2 N–H and O–H groups in total. The second-order valence-corrected chi connectivity index (χ2v) is 1.78. The van der Waals surface area contributed by atoms with E-state index in [1.165, 1.54) is 0 Å². The van der Waals surface area contributed by atoms with E-state index in [-0.39, 0.29) is 1.43 Å². The van der Waals surface area contributed by atoms with Crippen LogP contribution < -0.4 is 5.73 Å². The smallest absolute Gasteiger partial charge is 0.132 e. The Morgan fingerprint density at radius 1 is 1.50 bits per heavy atom. The zero-order valence-electron chi connectivity index (χ0n) is 7.31. The summed E-state index contributed by atoms with van der Waals surface area (Å²) >= 11 is 0. The quantitative estimate of drug-likeness (QED) is 0.660. The molecule has 0 aromatic heterocycles. The van der Waals surface area contributed by atoms with Crippen LogP contribution in [0.3, 0.4) is 0 Å². The number of hydrogen-bond donors (Lipinski definition) is 1. The number of ketones is 1. The highest BCUT2D eigenvalue weighted by molar-refractivity contribution is 5.77. The molecule has 0 rings (SSSR count). The molecule has 0 aromatic carbocycles. The Bertz CT molecular complexity index is 76.5. The van der Waals surface area contributed by atoms with Gasteiger partial charge in [-0.15, -0.1) is 0 Å². The van der Waals surface area contributed by atoms with Crippen molar-refractivity contribution < 1.29 is 6.22 Å². The zero-order valence-corrected chi connectivity index (χ0v) is 7.31. The summed E-state index contributed by atoms with van der Waals surface area (Å²) in [4.78, 5) is 10.5. The van der Waals surface area contributed by atoms with E-state index >= 15 is 0 Å². The van der Waals surface area contributed by atoms with Gasteiger partial charge in [-0.05, 0) is 13.0 Å². The van der Waals surface area contributed by atoms with E-state index in [2.05, 4.69) is 0 Å². The van der Waals surface area contributed by atoms with E-state index in [1.54, 1.807) is 0 Å². The SMILES string of the molecule is CC.CCC(=O)CCCN.[HH]. The first-order chi connectivity index (χ1) is 4.81. The molecule has 0 aliphatic rings. The summed E-state index contributed by atoms with van der Waals surface area (Å²) in [5.41, 5.74) is 5.18. The summed E-state index contributed by atoms with van der Waals surface area (Å²) in [6.07, 6.45) is 2.15. The first-order valence-electron chi connectivity index (χ1n) is 4.03. The lowest BCUT2D eigenvalue weighted by atomic mass is 10.2. The van der Waals surface area contributed by atoms with Gasteiger partial charge in [0.25, 0.3) is 0 Å². The van der Waals surface area contributed by atoms with Gasteiger partial charge in [0.2, 0.25) is 0 Å². The van der Waals surface area contributed by atoms with Crippen molar-refractivity contribution in [2.75, 3.05) is 6.54 Å². The first kappa shape index (κ1) is 12.3. The summed E-state index contributed by atoms with van der Waals surface area (Å²) in [5, 5.41) is 0. The Balaban J connectivity index is -0.000000196. The second kappa shape index (κ2) is 11.4. The van der Waals surface area contributed by atoms with Crippen LogP contribution in [0.1, 0.15) is 41.5 Å². The standard InChI is InChI=1S/C6H13NO.C2H6.H2/c1-2-6(8)4-3-5-7;1-2;/h2-5,7H2,1H3;1-2H3;1H. The van der Waals surface area contributed by atoms with Gasteiger partial charge in [-0.3, -0.25) is 4.79 Å². The number of carbonyl (C=O) groups is 1. The van der Waals surface area contributed by atoms with Crippen LogP contribution in [0, 0.1) is 0 Å². The van der Waals surface area contributed by atoms with Gasteiger partial charge in [-0.2, -0.15) is 0 Å². The Kier molecular flexibility index (Phi) is 14.1. The summed E-state index contributed by atoms with van der Waals surface area (Å²) < 4.78 is 0. The topological polar surface area (TPSA) is 43.1 Å². The van der Waals surface area contributed by atoms with E-state index in [9.17, 15) is 4.79 Å². The molecule has 0 saturated carbocycles. The van der Waals surface area contributed by atoms with Gasteiger partial charge in [0, 0.05) is 14.3 Å². The van der Waals surface area contributed by atoms with E-state index in [0.717, 1.165) is 6.42 Å². The molecule has 2 nitrogen and oxygen atoms in total. The van der Waals surface area contributed by atoms with E-state index in [1.807, 2.05) is 20.8 Å². The van der Waals surface area contributed by atoms with E-state index < -0.39 is 0 Å². The average molecular weight is 147 g/mol. The summed E-state index contributed by atoms with van der Waals surface area (Å²) in [6.45, 7) is 6.50. The van der Waals surface area contributed by atoms with E-state index in [0.29, 0.717) is 25.2 Å². The van der Waals surface area contributed by atoms with Crippen molar-refractivity contribution in [3.05, 3.63) is 0 Å². The fourth-order valence-electron chi connectivity index (χ4n) is 0.476. The largest absolute Gasteiger partial charge is 0.330 e. The lowest BCUT2D eigenvalue weighted by Gasteiger charge is -1.91. The Morgan fingerprint density at radius 2 is 2.00 bits per heavy atom. The highest BCUT2D eigenvalue weighted by Gasteiger charge is 1.93. The van der Waals surface area contributed by atoms with Crippen molar-refractivity contribution in [2.45, 2.75) is 40.0 Å². The summed E-state index contributed by atoms with van der Waals surface area (Å²) in [6, 6.07) is 0. The van der Waals surface area contributed by atoms with Gasteiger partial charge < -0.3 is 5.73 Å². The van der Waals surface area contributed by atoms with Gasteiger partial charge in [0.05, 0.1) is 0 Å². The molecule has 0 atom stereocenters. The maximum Gasteiger partial charge on any atom is 0.132 e. The fraction of sp³-hybridized carbons (Fsp3) is 0.875. The predicted molar refractivity (Wildman–Crippen MR) is 47.0 cm³/mol. The number of carbonyl (C=O) groups excluding carboxylic acids is 1. The van der Waals surface area contributed by atoms with Crippen LogP contribution in [0.4, 0.5) is 0 Å². The molecule has 64 valence electrons. The van der Waals surface area contributed by atoms with Gasteiger partial charge in [0.1, 0.15) is 5.78 Å². The van der Waals surface area contributed by atoms with Crippen molar-refractivity contribution in [3.63, 3.8) is 0 Å². The van der Waals surface area contributed by atoms with Crippen molar-refractivity contribution in [3.8, 4) is 0 Å². The van der Waals surface area contributed by atoms with Crippen molar-refractivity contribution in [2.24, 2.45) is 5.73 Å². The molecule has 0 amide bonds. The molecule has 0 aromatic rings. The van der Waals surface area contributed by atoms with Crippen LogP contribution in [0.15, 0.2) is 0 Å². The molecule has 0 aliphatic carbocycles. The lowest BCUT2D eigenvalue weighted by molar-refractivity contribution is -0.118. The maximum atomic E-state index is 10.5. The molecular weight excluding hydrogens is 126 g/mol. The number of hydrogen-bond acceptors (Lipinski definition) is 2. The van der Waals surface area contributed by atoms with Gasteiger partial charge >= 0.3 is 0 Å². The van der Waals surface area contributed by atoms with Crippen LogP contribution in [0.5, 0.6) is 0 Å². The van der Waals surface area contributed by atoms with Crippen molar-refractivity contribution >= 4 is 5.78 Å². The predicted octanol–water partition coefficient (Wildman–Crippen LogP) is 1.98. The average Bonchev–Trinajstić information content (AvgIpc) is 2.04. The van der Waals surface area contributed by atoms with E-state index in [4.69, 9.17) is 5.73 Å².